The number of pyridine rings is 1. The van der Waals surface area contributed by atoms with Gasteiger partial charge in [0, 0.05) is 16.8 Å². The van der Waals surface area contributed by atoms with Crippen molar-refractivity contribution in [3.63, 3.8) is 0 Å². The second kappa shape index (κ2) is 6.00. The van der Waals surface area contributed by atoms with E-state index in [2.05, 4.69) is 4.98 Å². The van der Waals surface area contributed by atoms with Gasteiger partial charge in [-0.3, -0.25) is 0 Å². The highest BCUT2D eigenvalue weighted by Crippen LogP contribution is 2.22. The molecule has 2 heterocycles. The van der Waals surface area contributed by atoms with E-state index in [0.29, 0.717) is 6.79 Å². The van der Waals surface area contributed by atoms with Crippen LogP contribution in [0, 0.1) is 0 Å². The lowest BCUT2D eigenvalue weighted by atomic mass is 10.3. The molecule has 0 spiro atoms. The minimum atomic E-state index is -1.00. The fourth-order valence-electron chi connectivity index (χ4n) is 1.44. The van der Waals surface area contributed by atoms with Gasteiger partial charge < -0.3 is 14.6 Å². The van der Waals surface area contributed by atoms with E-state index in [9.17, 15) is 4.79 Å². The van der Waals surface area contributed by atoms with Crippen molar-refractivity contribution >= 4 is 17.7 Å². The summed E-state index contributed by atoms with van der Waals surface area (Å²) in [6.07, 6.45) is 2.57. The van der Waals surface area contributed by atoms with Crippen LogP contribution in [-0.4, -0.2) is 41.3 Å². The van der Waals surface area contributed by atoms with Gasteiger partial charge in [0.2, 0.25) is 0 Å². The van der Waals surface area contributed by atoms with Crippen LogP contribution in [0.15, 0.2) is 23.2 Å². The monoisotopic (exact) mass is 255 g/mol. The Morgan fingerprint density at radius 3 is 3.24 bits per heavy atom. The number of nitrogens with zero attached hydrogens (tertiary/aromatic N) is 1. The Morgan fingerprint density at radius 1 is 1.65 bits per heavy atom. The summed E-state index contributed by atoms with van der Waals surface area (Å²) in [4.78, 5) is 15.4. The third-order valence-electron chi connectivity index (χ3n) is 2.36. The Bertz CT molecular complexity index is 393. The SMILES string of the molecule is O=C(O)c1cc(SCC2CCOCO2)ccn1. The molecule has 0 aliphatic carbocycles. The molecule has 17 heavy (non-hydrogen) atoms. The largest absolute Gasteiger partial charge is 0.477 e. The number of carbonyl (C=O) groups is 1. The molecule has 0 bridgehead atoms. The van der Waals surface area contributed by atoms with Crippen LogP contribution in [0.25, 0.3) is 0 Å². The quantitative estimate of drug-likeness (QED) is 0.825. The van der Waals surface area contributed by atoms with Crippen molar-refractivity contribution < 1.29 is 19.4 Å². The van der Waals surface area contributed by atoms with Gasteiger partial charge in [-0.25, -0.2) is 9.78 Å². The lowest BCUT2D eigenvalue weighted by Crippen LogP contribution is -2.25. The molecule has 0 aromatic carbocycles. The zero-order valence-electron chi connectivity index (χ0n) is 9.17. The van der Waals surface area contributed by atoms with Crippen molar-refractivity contribution in [1.82, 2.24) is 4.98 Å². The van der Waals surface area contributed by atoms with Gasteiger partial charge in [-0.1, -0.05) is 0 Å². The molecule has 2 rings (SSSR count). The molecule has 1 aliphatic rings. The predicted molar refractivity (Wildman–Crippen MR) is 62.2 cm³/mol. The fourth-order valence-corrected chi connectivity index (χ4v) is 2.43. The summed E-state index contributed by atoms with van der Waals surface area (Å²) in [7, 11) is 0. The highest BCUT2D eigenvalue weighted by molar-refractivity contribution is 7.99. The van der Waals surface area contributed by atoms with E-state index in [0.717, 1.165) is 23.7 Å². The fraction of sp³-hybridized carbons (Fsp3) is 0.455. The molecule has 92 valence electrons. The number of thioether (sulfide) groups is 1. The first-order valence-corrected chi connectivity index (χ1v) is 6.26. The van der Waals surface area contributed by atoms with Crippen LogP contribution < -0.4 is 0 Å². The molecule has 5 nitrogen and oxygen atoms in total. The molecule has 1 aromatic heterocycles. The summed E-state index contributed by atoms with van der Waals surface area (Å²) in [5.41, 5.74) is 0.0721. The second-order valence-corrected chi connectivity index (χ2v) is 4.69. The Hall–Kier alpha value is -1.11. The van der Waals surface area contributed by atoms with Gasteiger partial charge in [0.25, 0.3) is 0 Å². The lowest BCUT2D eigenvalue weighted by molar-refractivity contribution is -0.130. The molecular weight excluding hydrogens is 242 g/mol. The van der Waals surface area contributed by atoms with Crippen molar-refractivity contribution in [2.24, 2.45) is 0 Å². The first-order valence-electron chi connectivity index (χ1n) is 5.27. The number of ether oxygens (including phenoxy) is 2. The number of hydrogen-bond acceptors (Lipinski definition) is 5. The molecule has 1 unspecified atom stereocenters. The number of rotatable bonds is 4. The maximum absolute atomic E-state index is 10.7. The topological polar surface area (TPSA) is 68.7 Å². The number of aromatic nitrogens is 1. The zero-order valence-corrected chi connectivity index (χ0v) is 9.98. The average molecular weight is 255 g/mol. The summed E-state index contributed by atoms with van der Waals surface area (Å²) >= 11 is 1.57. The molecule has 0 saturated carbocycles. The first-order chi connectivity index (χ1) is 8.25. The highest BCUT2D eigenvalue weighted by atomic mass is 32.2. The standard InChI is InChI=1S/C11H13NO4S/c13-11(14)10-5-9(1-3-12-10)17-6-8-2-4-15-7-16-8/h1,3,5,8H,2,4,6-7H2,(H,13,14). The van der Waals surface area contributed by atoms with Crippen molar-refractivity contribution in [2.75, 3.05) is 19.2 Å². The van der Waals surface area contributed by atoms with Crippen LogP contribution in [0.5, 0.6) is 0 Å². The minimum absolute atomic E-state index is 0.0721. The Labute approximate surface area is 103 Å². The van der Waals surface area contributed by atoms with Crippen LogP contribution in [0.1, 0.15) is 16.9 Å². The van der Waals surface area contributed by atoms with Crippen LogP contribution in [0.3, 0.4) is 0 Å². The molecule has 1 aromatic rings. The summed E-state index contributed by atoms with van der Waals surface area (Å²) in [6, 6.07) is 3.38. The van der Waals surface area contributed by atoms with E-state index >= 15 is 0 Å². The van der Waals surface area contributed by atoms with Gasteiger partial charge in [-0.2, -0.15) is 0 Å². The smallest absolute Gasteiger partial charge is 0.354 e. The van der Waals surface area contributed by atoms with Gasteiger partial charge >= 0.3 is 5.97 Å². The average Bonchev–Trinajstić information content (AvgIpc) is 2.38. The van der Waals surface area contributed by atoms with Gasteiger partial charge in [-0.15, -0.1) is 11.8 Å². The molecule has 6 heteroatoms. The number of carboxylic acid groups (broad SMARTS) is 1. The van der Waals surface area contributed by atoms with Crippen LogP contribution in [-0.2, 0) is 9.47 Å². The Kier molecular flexibility index (Phi) is 4.36. The number of aromatic carboxylic acids is 1. The molecule has 1 fully saturated rings. The third-order valence-corrected chi connectivity index (χ3v) is 3.48. The van der Waals surface area contributed by atoms with Crippen molar-refractivity contribution in [1.29, 1.82) is 0 Å². The molecule has 0 radical (unpaired) electrons. The molecule has 1 atom stereocenters. The first kappa shape index (κ1) is 12.3. The van der Waals surface area contributed by atoms with Crippen molar-refractivity contribution in [2.45, 2.75) is 17.4 Å². The van der Waals surface area contributed by atoms with E-state index in [4.69, 9.17) is 14.6 Å². The summed E-state index contributed by atoms with van der Waals surface area (Å²) in [6.45, 7) is 1.07. The Balaban J connectivity index is 1.89. The minimum Gasteiger partial charge on any atom is -0.477 e. The van der Waals surface area contributed by atoms with E-state index in [-0.39, 0.29) is 11.8 Å². The molecular formula is C11H13NO4S. The summed E-state index contributed by atoms with van der Waals surface area (Å²) in [5, 5.41) is 8.81. The van der Waals surface area contributed by atoms with E-state index in [1.165, 1.54) is 6.20 Å². The van der Waals surface area contributed by atoms with Crippen molar-refractivity contribution in [3.8, 4) is 0 Å². The van der Waals surface area contributed by atoms with E-state index in [1.54, 1.807) is 23.9 Å². The van der Waals surface area contributed by atoms with Crippen molar-refractivity contribution in [3.05, 3.63) is 24.0 Å². The normalized spacial score (nSPS) is 20.1. The maximum atomic E-state index is 10.7. The van der Waals surface area contributed by atoms with Gasteiger partial charge in [0.15, 0.2) is 0 Å². The van der Waals surface area contributed by atoms with Gasteiger partial charge in [0.1, 0.15) is 12.5 Å². The van der Waals surface area contributed by atoms with Crippen LogP contribution >= 0.6 is 11.8 Å². The Morgan fingerprint density at radius 2 is 2.53 bits per heavy atom. The van der Waals surface area contributed by atoms with Gasteiger partial charge in [-0.05, 0) is 18.6 Å². The molecule has 0 amide bonds. The van der Waals surface area contributed by atoms with Crippen LogP contribution in [0.4, 0.5) is 0 Å². The lowest BCUT2D eigenvalue weighted by Gasteiger charge is -2.22. The number of hydrogen-bond donors (Lipinski definition) is 1. The maximum Gasteiger partial charge on any atom is 0.354 e. The molecule has 1 aliphatic heterocycles. The molecule has 1 N–H and O–H groups in total. The third kappa shape index (κ3) is 3.69. The van der Waals surface area contributed by atoms with E-state index in [1.807, 2.05) is 0 Å². The predicted octanol–water partition coefficient (Wildman–Crippen LogP) is 1.63. The van der Waals surface area contributed by atoms with Crippen LogP contribution in [0.2, 0.25) is 0 Å². The zero-order chi connectivity index (χ0) is 12.1. The number of carboxylic acids is 1. The van der Waals surface area contributed by atoms with Gasteiger partial charge in [0.05, 0.1) is 12.7 Å². The molecule has 1 saturated heterocycles. The summed E-state index contributed by atoms with van der Waals surface area (Å²) < 4.78 is 10.5. The second-order valence-electron chi connectivity index (χ2n) is 3.60. The highest BCUT2D eigenvalue weighted by Gasteiger charge is 2.14. The van der Waals surface area contributed by atoms with E-state index < -0.39 is 5.97 Å². The summed E-state index contributed by atoms with van der Waals surface area (Å²) in [5.74, 6) is -0.207.